The van der Waals surface area contributed by atoms with Gasteiger partial charge >= 0.3 is 6.03 Å². The zero-order valence-corrected chi connectivity index (χ0v) is 17.3. The first-order valence-corrected chi connectivity index (χ1v) is 11.0. The Balaban J connectivity index is 1.48. The first-order chi connectivity index (χ1) is 14.8. The number of piperidine rings is 1. The van der Waals surface area contributed by atoms with Crippen LogP contribution in [0.1, 0.15) is 30.5 Å². The molecule has 0 unspecified atom stereocenters. The zero-order valence-electron chi connectivity index (χ0n) is 17.3. The highest BCUT2D eigenvalue weighted by atomic mass is 16.5. The van der Waals surface area contributed by atoms with Crippen LogP contribution in [0.3, 0.4) is 0 Å². The summed E-state index contributed by atoms with van der Waals surface area (Å²) >= 11 is 0. The summed E-state index contributed by atoms with van der Waals surface area (Å²) in [6.07, 6.45) is 7.96. The number of carbonyl (C=O) groups excluding carboxylic acids is 1. The molecule has 8 nitrogen and oxygen atoms in total. The van der Waals surface area contributed by atoms with Crippen molar-refractivity contribution in [3.63, 3.8) is 0 Å². The molecule has 0 spiro atoms. The van der Waals surface area contributed by atoms with Crippen molar-refractivity contribution in [3.8, 4) is 11.4 Å². The third-order valence-corrected chi connectivity index (χ3v) is 6.17. The third-order valence-electron chi connectivity index (χ3n) is 6.17. The van der Waals surface area contributed by atoms with E-state index in [1.165, 1.54) is 19.3 Å². The van der Waals surface area contributed by atoms with E-state index in [2.05, 4.69) is 9.88 Å². The van der Waals surface area contributed by atoms with E-state index in [0.29, 0.717) is 39.4 Å². The van der Waals surface area contributed by atoms with Gasteiger partial charge in [0.05, 0.1) is 25.5 Å². The summed E-state index contributed by atoms with van der Waals surface area (Å²) in [7, 11) is 0. The molecule has 2 aromatic heterocycles. The Morgan fingerprint density at radius 2 is 1.80 bits per heavy atom. The van der Waals surface area contributed by atoms with Crippen molar-refractivity contribution in [2.75, 3.05) is 50.8 Å². The number of ether oxygens (including phenoxy) is 1. The summed E-state index contributed by atoms with van der Waals surface area (Å²) in [5.74, 6) is 1.73. The number of nitrogens with zero attached hydrogens (tertiary/aromatic N) is 6. The highest BCUT2D eigenvalue weighted by molar-refractivity contribution is 5.75. The summed E-state index contributed by atoms with van der Waals surface area (Å²) in [6, 6.07) is 4.03. The van der Waals surface area contributed by atoms with E-state index in [1.807, 2.05) is 28.1 Å². The van der Waals surface area contributed by atoms with E-state index >= 15 is 0 Å². The van der Waals surface area contributed by atoms with Crippen LogP contribution in [0.25, 0.3) is 11.4 Å². The van der Waals surface area contributed by atoms with Gasteiger partial charge in [0.25, 0.3) is 0 Å². The molecule has 5 heterocycles. The fraction of sp³-hybridized carbons (Fsp3) is 0.545. The predicted molar refractivity (Wildman–Crippen MR) is 113 cm³/mol. The SMILES string of the molecule is O=C(N1CCOCC1)N1CCc2nc(-c3cccnc3)nc(N3CCCCC3)c2C1. The molecule has 30 heavy (non-hydrogen) atoms. The smallest absolute Gasteiger partial charge is 0.320 e. The molecule has 0 N–H and O–H groups in total. The van der Waals surface area contributed by atoms with E-state index in [-0.39, 0.29) is 6.03 Å². The average Bonchev–Trinajstić information content (AvgIpc) is 2.84. The maximum absolute atomic E-state index is 13.1. The Hall–Kier alpha value is -2.74. The number of hydrogen-bond acceptors (Lipinski definition) is 6. The standard InChI is InChI=1S/C22H28N6O2/c29-22(27-11-13-30-14-12-27)28-10-6-19-18(16-28)21(26-8-2-1-3-9-26)25-20(24-19)17-5-4-7-23-15-17/h4-5,7,15H,1-3,6,8-14,16H2. The number of urea groups is 1. The lowest BCUT2D eigenvalue weighted by Crippen LogP contribution is -2.49. The minimum atomic E-state index is 0.102. The van der Waals surface area contributed by atoms with Crippen molar-refractivity contribution in [1.29, 1.82) is 0 Å². The molecule has 0 bridgehead atoms. The van der Waals surface area contributed by atoms with Gasteiger partial charge in [-0.3, -0.25) is 4.98 Å². The molecule has 0 aromatic carbocycles. The monoisotopic (exact) mass is 408 g/mol. The molecule has 5 rings (SSSR count). The number of aromatic nitrogens is 3. The molecule has 2 saturated heterocycles. The summed E-state index contributed by atoms with van der Waals surface area (Å²) in [6.45, 7) is 5.84. The molecule has 158 valence electrons. The van der Waals surface area contributed by atoms with Crippen molar-refractivity contribution in [2.24, 2.45) is 0 Å². The van der Waals surface area contributed by atoms with Gasteiger partial charge in [-0.2, -0.15) is 0 Å². The van der Waals surface area contributed by atoms with Gasteiger partial charge < -0.3 is 19.4 Å². The molecule has 0 aliphatic carbocycles. The van der Waals surface area contributed by atoms with Crippen LogP contribution in [0.15, 0.2) is 24.5 Å². The van der Waals surface area contributed by atoms with Crippen molar-refractivity contribution in [3.05, 3.63) is 35.8 Å². The highest BCUT2D eigenvalue weighted by Crippen LogP contribution is 2.31. The van der Waals surface area contributed by atoms with Gasteiger partial charge in [0, 0.05) is 62.7 Å². The average molecular weight is 409 g/mol. The van der Waals surface area contributed by atoms with Crippen LogP contribution in [0.2, 0.25) is 0 Å². The third kappa shape index (κ3) is 3.84. The van der Waals surface area contributed by atoms with Crippen LogP contribution in [0.5, 0.6) is 0 Å². The minimum Gasteiger partial charge on any atom is -0.378 e. The summed E-state index contributed by atoms with van der Waals surface area (Å²) in [5.41, 5.74) is 3.11. The number of hydrogen-bond donors (Lipinski definition) is 0. The van der Waals surface area contributed by atoms with Crippen molar-refractivity contribution in [1.82, 2.24) is 24.8 Å². The summed E-state index contributed by atoms with van der Waals surface area (Å²) in [4.78, 5) is 33.4. The highest BCUT2D eigenvalue weighted by Gasteiger charge is 2.31. The van der Waals surface area contributed by atoms with Crippen LogP contribution < -0.4 is 4.90 Å². The molecule has 2 fully saturated rings. The number of pyridine rings is 1. The summed E-state index contributed by atoms with van der Waals surface area (Å²) in [5, 5.41) is 0. The fourth-order valence-corrected chi connectivity index (χ4v) is 4.51. The van der Waals surface area contributed by atoms with Crippen molar-refractivity contribution >= 4 is 11.8 Å². The van der Waals surface area contributed by atoms with Gasteiger partial charge in [-0.15, -0.1) is 0 Å². The van der Waals surface area contributed by atoms with Gasteiger partial charge in [-0.05, 0) is 31.4 Å². The van der Waals surface area contributed by atoms with Gasteiger partial charge in [-0.1, -0.05) is 0 Å². The largest absolute Gasteiger partial charge is 0.378 e. The molecule has 0 atom stereocenters. The van der Waals surface area contributed by atoms with Crippen LogP contribution in [0.4, 0.5) is 10.6 Å². The first-order valence-electron chi connectivity index (χ1n) is 11.0. The molecule has 8 heteroatoms. The number of amides is 2. The maximum Gasteiger partial charge on any atom is 0.320 e. The zero-order chi connectivity index (χ0) is 20.3. The Bertz CT molecular complexity index is 894. The van der Waals surface area contributed by atoms with Crippen molar-refractivity contribution in [2.45, 2.75) is 32.2 Å². The number of morpholine rings is 1. The molecular weight excluding hydrogens is 380 g/mol. The molecule has 3 aliphatic heterocycles. The summed E-state index contributed by atoms with van der Waals surface area (Å²) < 4.78 is 5.40. The lowest BCUT2D eigenvalue weighted by Gasteiger charge is -2.37. The first kappa shape index (κ1) is 19.2. The van der Waals surface area contributed by atoms with E-state index < -0.39 is 0 Å². The number of carbonyl (C=O) groups is 1. The van der Waals surface area contributed by atoms with E-state index in [9.17, 15) is 4.79 Å². The second-order valence-corrected chi connectivity index (χ2v) is 8.14. The predicted octanol–water partition coefficient (Wildman–Crippen LogP) is 2.34. The number of rotatable bonds is 2. The van der Waals surface area contributed by atoms with Crippen molar-refractivity contribution < 1.29 is 9.53 Å². The van der Waals surface area contributed by atoms with E-state index in [0.717, 1.165) is 48.0 Å². The molecule has 3 aliphatic rings. The maximum atomic E-state index is 13.1. The van der Waals surface area contributed by atoms with E-state index in [4.69, 9.17) is 14.7 Å². The fourth-order valence-electron chi connectivity index (χ4n) is 4.51. The van der Waals surface area contributed by atoms with Crippen LogP contribution in [-0.4, -0.2) is 76.7 Å². The molecule has 0 saturated carbocycles. The lowest BCUT2D eigenvalue weighted by atomic mass is 10.0. The normalized spacial score (nSPS) is 19.5. The van der Waals surface area contributed by atoms with Gasteiger partial charge in [0.15, 0.2) is 5.82 Å². The molecular formula is C22H28N6O2. The lowest BCUT2D eigenvalue weighted by molar-refractivity contribution is 0.0421. The van der Waals surface area contributed by atoms with Crippen LogP contribution in [-0.2, 0) is 17.7 Å². The van der Waals surface area contributed by atoms with Gasteiger partial charge in [0.1, 0.15) is 5.82 Å². The van der Waals surface area contributed by atoms with Gasteiger partial charge in [-0.25, -0.2) is 14.8 Å². The van der Waals surface area contributed by atoms with Crippen LogP contribution in [0, 0.1) is 0 Å². The number of fused-ring (bicyclic) bond motifs is 1. The Labute approximate surface area is 176 Å². The Kier molecular flexibility index (Phi) is 5.48. The second-order valence-electron chi connectivity index (χ2n) is 8.14. The minimum absolute atomic E-state index is 0.102. The molecule has 0 radical (unpaired) electrons. The Morgan fingerprint density at radius 3 is 2.57 bits per heavy atom. The quantitative estimate of drug-likeness (QED) is 0.759. The van der Waals surface area contributed by atoms with E-state index in [1.54, 1.807) is 6.20 Å². The van der Waals surface area contributed by atoms with Crippen LogP contribution >= 0.6 is 0 Å². The number of anilines is 1. The molecule has 2 aromatic rings. The Morgan fingerprint density at radius 1 is 0.967 bits per heavy atom. The van der Waals surface area contributed by atoms with Gasteiger partial charge in [0.2, 0.25) is 0 Å². The second kappa shape index (κ2) is 8.55. The molecule has 2 amide bonds. The topological polar surface area (TPSA) is 74.7 Å².